The van der Waals surface area contributed by atoms with Crippen LogP contribution in [0, 0.1) is 6.92 Å². The van der Waals surface area contributed by atoms with E-state index in [2.05, 4.69) is 15.9 Å². The number of ketones is 1. The third-order valence-electron chi connectivity index (χ3n) is 1.99. The number of hydrogen-bond donors (Lipinski definition) is 0. The van der Waals surface area contributed by atoms with Gasteiger partial charge in [0.05, 0.1) is 10.9 Å². The van der Waals surface area contributed by atoms with Crippen molar-refractivity contribution in [1.29, 1.82) is 0 Å². The van der Waals surface area contributed by atoms with E-state index in [1.54, 1.807) is 6.92 Å². The van der Waals surface area contributed by atoms with Gasteiger partial charge in [0.1, 0.15) is 0 Å². The summed E-state index contributed by atoms with van der Waals surface area (Å²) >= 11 is 2.93. The van der Waals surface area contributed by atoms with Gasteiger partial charge in [0.25, 0.3) is 0 Å². The quantitative estimate of drug-likeness (QED) is 0.598. The Morgan fingerprint density at radius 3 is 2.47 bits per heavy atom. The number of Topliss-reactive ketones (excluding diaryl/α,β-unsaturated/α-hetero) is 1. The van der Waals surface area contributed by atoms with E-state index in [0.29, 0.717) is 5.56 Å². The van der Waals surface area contributed by atoms with Gasteiger partial charge in [0.2, 0.25) is 0 Å². The second-order valence-corrected chi connectivity index (χ2v) is 3.65. The van der Waals surface area contributed by atoms with Gasteiger partial charge in [-0.15, -0.1) is 0 Å². The molecule has 0 saturated heterocycles. The normalized spacial score (nSPS) is 11.5. The summed E-state index contributed by atoms with van der Waals surface area (Å²) in [6.07, 6.45) is -4.41. The summed E-state index contributed by atoms with van der Waals surface area (Å²) in [4.78, 5) is 11.3. The number of carbonyl (C=O) groups excluding carboxylic acids is 1. The Hall–Kier alpha value is -0.840. The van der Waals surface area contributed by atoms with Crippen molar-refractivity contribution < 1.29 is 18.0 Å². The Morgan fingerprint density at radius 2 is 2.00 bits per heavy atom. The SMILES string of the molecule is Cc1ccc(C(F)(F)F)cc1C(=O)CBr. The molecular formula is C10H8BrF3O. The molecule has 0 amide bonds. The van der Waals surface area contributed by atoms with Crippen molar-refractivity contribution in [1.82, 2.24) is 0 Å². The Kier molecular flexibility index (Phi) is 3.54. The Morgan fingerprint density at radius 1 is 1.40 bits per heavy atom. The van der Waals surface area contributed by atoms with Gasteiger partial charge in [0.15, 0.2) is 5.78 Å². The lowest BCUT2D eigenvalue weighted by Gasteiger charge is -2.09. The van der Waals surface area contributed by atoms with Crippen LogP contribution in [-0.4, -0.2) is 11.1 Å². The van der Waals surface area contributed by atoms with E-state index in [0.717, 1.165) is 12.1 Å². The molecule has 1 aromatic carbocycles. The second-order valence-electron chi connectivity index (χ2n) is 3.08. The van der Waals surface area contributed by atoms with Crippen LogP contribution < -0.4 is 0 Å². The van der Waals surface area contributed by atoms with Crippen LogP contribution >= 0.6 is 15.9 Å². The van der Waals surface area contributed by atoms with Crippen molar-refractivity contribution in [2.45, 2.75) is 13.1 Å². The van der Waals surface area contributed by atoms with Crippen molar-refractivity contribution >= 4 is 21.7 Å². The van der Waals surface area contributed by atoms with Crippen LogP contribution in [0.4, 0.5) is 13.2 Å². The molecule has 0 fully saturated rings. The molecule has 0 bridgehead atoms. The molecule has 0 aliphatic heterocycles. The number of rotatable bonds is 2. The second kappa shape index (κ2) is 4.35. The monoisotopic (exact) mass is 280 g/mol. The minimum atomic E-state index is -4.41. The lowest BCUT2D eigenvalue weighted by Crippen LogP contribution is -2.09. The minimum Gasteiger partial charge on any atom is -0.293 e. The fourth-order valence-electron chi connectivity index (χ4n) is 1.17. The predicted octanol–water partition coefficient (Wildman–Crippen LogP) is 3.59. The van der Waals surface area contributed by atoms with Crippen molar-refractivity contribution in [3.63, 3.8) is 0 Å². The maximum atomic E-state index is 12.3. The molecule has 0 unspecified atom stereocenters. The number of alkyl halides is 4. The van der Waals surface area contributed by atoms with E-state index in [-0.39, 0.29) is 16.7 Å². The molecule has 0 aliphatic carbocycles. The first-order valence-corrected chi connectivity index (χ1v) is 5.25. The van der Waals surface area contributed by atoms with Crippen LogP contribution in [0.1, 0.15) is 21.5 Å². The average Bonchev–Trinajstić information content (AvgIpc) is 2.15. The molecule has 5 heteroatoms. The first-order chi connectivity index (χ1) is 6.86. The third-order valence-corrected chi connectivity index (χ3v) is 2.50. The van der Waals surface area contributed by atoms with Crippen molar-refractivity contribution in [2.24, 2.45) is 0 Å². The molecule has 0 N–H and O–H groups in total. The van der Waals surface area contributed by atoms with Crippen LogP contribution in [0.3, 0.4) is 0 Å². The van der Waals surface area contributed by atoms with Gasteiger partial charge in [-0.05, 0) is 24.6 Å². The van der Waals surface area contributed by atoms with E-state index in [4.69, 9.17) is 0 Å². The van der Waals surface area contributed by atoms with Crippen LogP contribution in [0.2, 0.25) is 0 Å². The minimum absolute atomic E-state index is 0.0230. The van der Waals surface area contributed by atoms with Gasteiger partial charge in [-0.25, -0.2) is 0 Å². The number of halogens is 4. The van der Waals surface area contributed by atoms with Crippen LogP contribution in [0.25, 0.3) is 0 Å². The van der Waals surface area contributed by atoms with E-state index < -0.39 is 11.7 Å². The maximum absolute atomic E-state index is 12.3. The van der Waals surface area contributed by atoms with Crippen molar-refractivity contribution in [3.05, 3.63) is 34.9 Å². The average molecular weight is 281 g/mol. The van der Waals surface area contributed by atoms with E-state index >= 15 is 0 Å². The molecule has 0 aliphatic rings. The van der Waals surface area contributed by atoms with Crippen LogP contribution in [0.5, 0.6) is 0 Å². The summed E-state index contributed by atoms with van der Waals surface area (Å²) in [6.45, 7) is 1.61. The molecule has 0 spiro atoms. The summed E-state index contributed by atoms with van der Waals surface area (Å²) in [5, 5.41) is 0.0230. The van der Waals surface area contributed by atoms with Gasteiger partial charge in [-0.2, -0.15) is 13.2 Å². The molecule has 1 aromatic rings. The topological polar surface area (TPSA) is 17.1 Å². The highest BCUT2D eigenvalue weighted by Gasteiger charge is 2.31. The Bertz CT molecular complexity index is 385. The molecule has 0 heterocycles. The third kappa shape index (κ3) is 2.81. The zero-order valence-corrected chi connectivity index (χ0v) is 9.45. The van der Waals surface area contributed by atoms with E-state index in [1.807, 2.05) is 0 Å². The molecule has 1 nitrogen and oxygen atoms in total. The first kappa shape index (κ1) is 12.2. The maximum Gasteiger partial charge on any atom is 0.416 e. The summed E-state index contributed by atoms with van der Waals surface area (Å²) in [5.41, 5.74) is -0.133. The summed E-state index contributed by atoms with van der Waals surface area (Å²) < 4.78 is 37.0. The van der Waals surface area contributed by atoms with Gasteiger partial charge in [0, 0.05) is 5.56 Å². The van der Waals surface area contributed by atoms with Crippen molar-refractivity contribution in [2.75, 3.05) is 5.33 Å². The molecule has 15 heavy (non-hydrogen) atoms. The molecule has 1 rings (SSSR count). The van der Waals surface area contributed by atoms with Crippen LogP contribution in [0.15, 0.2) is 18.2 Å². The van der Waals surface area contributed by atoms with Gasteiger partial charge < -0.3 is 0 Å². The molecule has 0 atom stereocenters. The molecule has 0 saturated carbocycles. The van der Waals surface area contributed by atoms with Crippen LogP contribution in [-0.2, 0) is 6.18 Å². The highest BCUT2D eigenvalue weighted by molar-refractivity contribution is 9.09. The zero-order valence-electron chi connectivity index (χ0n) is 7.86. The lowest BCUT2D eigenvalue weighted by atomic mass is 10.0. The Balaban J connectivity index is 3.23. The number of benzene rings is 1. The fourth-order valence-corrected chi connectivity index (χ4v) is 1.47. The largest absolute Gasteiger partial charge is 0.416 e. The van der Waals surface area contributed by atoms with Gasteiger partial charge in [-0.3, -0.25) is 4.79 Å². The lowest BCUT2D eigenvalue weighted by molar-refractivity contribution is -0.137. The standard InChI is InChI=1S/C10H8BrF3O/c1-6-2-3-7(10(12,13)14)4-8(6)9(15)5-11/h2-4H,5H2,1H3. The fraction of sp³-hybridized carbons (Fsp3) is 0.300. The van der Waals surface area contributed by atoms with Crippen molar-refractivity contribution in [3.8, 4) is 0 Å². The summed E-state index contributed by atoms with van der Waals surface area (Å²) in [7, 11) is 0. The molecule has 0 radical (unpaired) electrons. The summed E-state index contributed by atoms with van der Waals surface area (Å²) in [5.74, 6) is -0.349. The highest BCUT2D eigenvalue weighted by Crippen LogP contribution is 2.30. The number of aryl methyl sites for hydroxylation is 1. The van der Waals surface area contributed by atoms with Gasteiger partial charge >= 0.3 is 6.18 Å². The zero-order chi connectivity index (χ0) is 11.6. The number of hydrogen-bond acceptors (Lipinski definition) is 1. The molecular weight excluding hydrogens is 273 g/mol. The summed E-state index contributed by atoms with van der Waals surface area (Å²) in [6, 6.07) is 3.16. The van der Waals surface area contributed by atoms with E-state index in [9.17, 15) is 18.0 Å². The molecule has 0 aromatic heterocycles. The highest BCUT2D eigenvalue weighted by atomic mass is 79.9. The smallest absolute Gasteiger partial charge is 0.293 e. The Labute approximate surface area is 93.4 Å². The van der Waals surface area contributed by atoms with Gasteiger partial charge in [-0.1, -0.05) is 22.0 Å². The number of carbonyl (C=O) groups is 1. The first-order valence-electron chi connectivity index (χ1n) is 4.13. The predicted molar refractivity (Wildman–Crippen MR) is 54.3 cm³/mol. The van der Waals surface area contributed by atoms with E-state index in [1.165, 1.54) is 6.07 Å². The molecule has 82 valence electrons.